The topological polar surface area (TPSA) is 91.1 Å². The molecule has 0 aliphatic carbocycles. The van der Waals surface area contributed by atoms with Crippen molar-refractivity contribution in [2.75, 3.05) is 26.2 Å². The molecule has 0 spiro atoms. The van der Waals surface area contributed by atoms with Gasteiger partial charge in [-0.1, -0.05) is 0 Å². The number of nitrogens with zero attached hydrogens (tertiary/aromatic N) is 2. The summed E-state index contributed by atoms with van der Waals surface area (Å²) in [5.41, 5.74) is 0. The molecule has 1 unspecified atom stereocenters. The van der Waals surface area contributed by atoms with Crippen LogP contribution in [-0.4, -0.2) is 60.9 Å². The van der Waals surface area contributed by atoms with E-state index in [9.17, 15) is 13.2 Å². The number of hydrogen-bond acceptors (Lipinski definition) is 5. The second-order valence-electron chi connectivity index (χ2n) is 5.47. The Morgan fingerprint density at radius 2 is 1.95 bits per heavy atom. The molecular formula is C13H18N2O5S. The van der Waals surface area contributed by atoms with E-state index in [1.165, 1.54) is 29.3 Å². The molecule has 1 aromatic heterocycles. The van der Waals surface area contributed by atoms with Crippen LogP contribution in [-0.2, 0) is 10.0 Å². The highest BCUT2D eigenvalue weighted by molar-refractivity contribution is 7.89. The maximum Gasteiger partial charge on any atom is 0.371 e. The van der Waals surface area contributed by atoms with Crippen LogP contribution >= 0.6 is 0 Å². The second kappa shape index (κ2) is 5.43. The summed E-state index contributed by atoms with van der Waals surface area (Å²) in [6, 6.07) is 2.64. The van der Waals surface area contributed by atoms with Gasteiger partial charge >= 0.3 is 5.97 Å². The maximum absolute atomic E-state index is 12.5. The number of furan rings is 1. The Labute approximate surface area is 123 Å². The molecule has 3 heterocycles. The molecule has 2 saturated heterocycles. The molecule has 2 aliphatic rings. The lowest BCUT2D eigenvalue weighted by molar-refractivity contribution is 0.0656. The summed E-state index contributed by atoms with van der Waals surface area (Å²) in [6.07, 6.45) is 3.15. The van der Waals surface area contributed by atoms with Crippen LogP contribution in [0.2, 0.25) is 0 Å². The molecule has 2 fully saturated rings. The van der Waals surface area contributed by atoms with Gasteiger partial charge in [0.2, 0.25) is 10.9 Å². The van der Waals surface area contributed by atoms with Crippen LogP contribution in [0, 0.1) is 0 Å². The van der Waals surface area contributed by atoms with E-state index in [4.69, 9.17) is 9.52 Å². The fraction of sp³-hybridized carbons (Fsp3) is 0.615. The number of carboxylic acid groups (broad SMARTS) is 1. The van der Waals surface area contributed by atoms with Crippen LogP contribution in [0.3, 0.4) is 0 Å². The fourth-order valence-corrected chi connectivity index (χ4v) is 4.44. The van der Waals surface area contributed by atoms with Crippen LogP contribution < -0.4 is 0 Å². The average Bonchev–Trinajstić information content (AvgIpc) is 3.19. The van der Waals surface area contributed by atoms with Gasteiger partial charge in [0.05, 0.1) is 0 Å². The third-order valence-electron chi connectivity index (χ3n) is 4.17. The van der Waals surface area contributed by atoms with Gasteiger partial charge in [-0.25, -0.2) is 13.2 Å². The highest BCUT2D eigenvalue weighted by atomic mass is 32.2. The third kappa shape index (κ3) is 2.70. The van der Waals surface area contributed by atoms with Gasteiger partial charge in [0.15, 0.2) is 0 Å². The molecule has 116 valence electrons. The molecule has 8 heteroatoms. The highest BCUT2D eigenvalue weighted by Gasteiger charge is 2.37. The Kier molecular flexibility index (Phi) is 3.76. The number of sulfonamides is 1. The molecule has 0 aromatic carbocycles. The fourth-order valence-electron chi connectivity index (χ4n) is 3.03. The van der Waals surface area contributed by atoms with Crippen molar-refractivity contribution in [3.8, 4) is 0 Å². The molecule has 3 rings (SSSR count). The second-order valence-corrected chi connectivity index (χ2v) is 7.34. The first kappa shape index (κ1) is 14.6. The van der Waals surface area contributed by atoms with Crippen molar-refractivity contribution in [2.45, 2.75) is 30.4 Å². The zero-order valence-electron chi connectivity index (χ0n) is 11.6. The number of aromatic carboxylic acids is 1. The molecule has 2 aliphatic heterocycles. The standard InChI is InChI=1S/C13H18N2O5S/c16-13(17)11-3-4-12(20-11)21(18,19)15-8-5-10(9-15)14-6-1-2-7-14/h3-4,10H,1-2,5-9H2,(H,16,17). The quantitative estimate of drug-likeness (QED) is 0.885. The first-order chi connectivity index (χ1) is 9.98. The Bertz CT molecular complexity index is 633. The summed E-state index contributed by atoms with van der Waals surface area (Å²) < 4.78 is 31.2. The summed E-state index contributed by atoms with van der Waals surface area (Å²) in [7, 11) is -3.74. The van der Waals surface area contributed by atoms with Gasteiger partial charge in [0.25, 0.3) is 10.0 Å². The summed E-state index contributed by atoms with van der Waals surface area (Å²) in [4.78, 5) is 13.1. The Hall–Kier alpha value is -1.38. The molecule has 1 aromatic rings. The minimum atomic E-state index is -3.74. The van der Waals surface area contributed by atoms with E-state index in [0.717, 1.165) is 19.5 Å². The molecular weight excluding hydrogens is 296 g/mol. The van der Waals surface area contributed by atoms with E-state index in [-0.39, 0.29) is 16.9 Å². The monoisotopic (exact) mass is 314 g/mol. The van der Waals surface area contributed by atoms with Gasteiger partial charge in [-0.05, 0) is 44.5 Å². The van der Waals surface area contributed by atoms with Gasteiger partial charge in [-0.2, -0.15) is 4.31 Å². The molecule has 0 saturated carbocycles. The number of rotatable bonds is 4. The van der Waals surface area contributed by atoms with Gasteiger partial charge in [0.1, 0.15) is 0 Å². The zero-order valence-corrected chi connectivity index (χ0v) is 12.4. The zero-order chi connectivity index (χ0) is 15.0. The first-order valence-corrected chi connectivity index (χ1v) is 8.50. The number of hydrogen-bond donors (Lipinski definition) is 1. The summed E-state index contributed by atoms with van der Waals surface area (Å²) in [6.45, 7) is 2.96. The van der Waals surface area contributed by atoms with Crippen molar-refractivity contribution in [3.63, 3.8) is 0 Å². The van der Waals surface area contributed by atoms with Gasteiger partial charge in [-0.3, -0.25) is 4.90 Å². The molecule has 0 radical (unpaired) electrons. The van der Waals surface area contributed by atoms with Crippen LogP contribution in [0.25, 0.3) is 0 Å². The molecule has 0 amide bonds. The van der Waals surface area contributed by atoms with E-state index in [0.29, 0.717) is 13.1 Å². The Morgan fingerprint density at radius 1 is 1.24 bits per heavy atom. The van der Waals surface area contributed by atoms with Gasteiger partial charge in [-0.15, -0.1) is 0 Å². The molecule has 0 bridgehead atoms. The van der Waals surface area contributed by atoms with Crippen molar-refractivity contribution >= 4 is 16.0 Å². The van der Waals surface area contributed by atoms with Crippen LogP contribution in [0.4, 0.5) is 0 Å². The van der Waals surface area contributed by atoms with Crippen molar-refractivity contribution < 1.29 is 22.7 Å². The number of likely N-dealkylation sites (tertiary alicyclic amines) is 1. The smallest absolute Gasteiger partial charge is 0.371 e. The molecule has 21 heavy (non-hydrogen) atoms. The SMILES string of the molecule is O=C(O)c1ccc(S(=O)(=O)N2CCC(N3CCCC3)C2)o1. The van der Waals surface area contributed by atoms with E-state index < -0.39 is 16.0 Å². The summed E-state index contributed by atoms with van der Waals surface area (Å²) >= 11 is 0. The lowest BCUT2D eigenvalue weighted by Crippen LogP contribution is -2.37. The Balaban J connectivity index is 1.74. The summed E-state index contributed by atoms with van der Waals surface area (Å²) in [5, 5.41) is 8.52. The van der Waals surface area contributed by atoms with Crippen molar-refractivity contribution in [2.24, 2.45) is 0 Å². The van der Waals surface area contributed by atoms with E-state index >= 15 is 0 Å². The van der Waals surface area contributed by atoms with Crippen LogP contribution in [0.15, 0.2) is 21.6 Å². The van der Waals surface area contributed by atoms with E-state index in [1.54, 1.807) is 0 Å². The lowest BCUT2D eigenvalue weighted by atomic mass is 10.2. The lowest BCUT2D eigenvalue weighted by Gasteiger charge is -2.23. The predicted octanol–water partition coefficient (Wildman–Crippen LogP) is 0.837. The average molecular weight is 314 g/mol. The largest absolute Gasteiger partial charge is 0.475 e. The first-order valence-electron chi connectivity index (χ1n) is 7.06. The predicted molar refractivity (Wildman–Crippen MR) is 73.6 cm³/mol. The molecule has 1 atom stereocenters. The molecule has 1 N–H and O–H groups in total. The minimum Gasteiger partial charge on any atom is -0.475 e. The number of carbonyl (C=O) groups is 1. The summed E-state index contributed by atoms with van der Waals surface area (Å²) in [5.74, 6) is -1.63. The third-order valence-corrected chi connectivity index (χ3v) is 5.91. The van der Waals surface area contributed by atoms with Crippen molar-refractivity contribution in [1.82, 2.24) is 9.21 Å². The Morgan fingerprint density at radius 3 is 2.57 bits per heavy atom. The van der Waals surface area contributed by atoms with Crippen LogP contribution in [0.5, 0.6) is 0 Å². The minimum absolute atomic E-state index is 0.260. The number of carboxylic acids is 1. The van der Waals surface area contributed by atoms with Gasteiger partial charge in [0, 0.05) is 19.1 Å². The van der Waals surface area contributed by atoms with Crippen LogP contribution in [0.1, 0.15) is 29.8 Å². The maximum atomic E-state index is 12.5. The van der Waals surface area contributed by atoms with Crippen molar-refractivity contribution in [3.05, 3.63) is 17.9 Å². The van der Waals surface area contributed by atoms with Crippen molar-refractivity contribution in [1.29, 1.82) is 0 Å². The highest BCUT2D eigenvalue weighted by Crippen LogP contribution is 2.26. The van der Waals surface area contributed by atoms with Gasteiger partial charge < -0.3 is 9.52 Å². The molecule has 7 nitrogen and oxygen atoms in total. The normalized spacial score (nSPS) is 24.7. The van der Waals surface area contributed by atoms with E-state index in [1.807, 2.05) is 0 Å². The van der Waals surface area contributed by atoms with E-state index in [2.05, 4.69) is 4.90 Å².